The van der Waals surface area contributed by atoms with E-state index in [1.165, 1.54) is 11.1 Å². The first kappa shape index (κ1) is 15.8. The molecule has 1 atom stereocenters. The second-order valence-corrected chi connectivity index (χ2v) is 6.52. The van der Waals surface area contributed by atoms with E-state index in [0.717, 1.165) is 16.5 Å². The number of benzene rings is 2. The Morgan fingerprint density at radius 3 is 2.60 bits per heavy atom. The van der Waals surface area contributed by atoms with E-state index in [1.807, 2.05) is 25.2 Å². The smallest absolute Gasteiger partial charge is 0.0624 e. The van der Waals surface area contributed by atoms with Gasteiger partial charge in [0.05, 0.1) is 10.0 Å². The number of likely N-dealkylation sites (N-methyl/N-ethyl adjacent to an activating group) is 1. The Morgan fingerprint density at radius 2 is 1.95 bits per heavy atom. The molecule has 2 aromatic carbocycles. The highest BCUT2D eigenvalue weighted by atomic mass is 79.9. The lowest BCUT2D eigenvalue weighted by Gasteiger charge is -2.19. The molecule has 0 heterocycles. The molecule has 0 bridgehead atoms. The summed E-state index contributed by atoms with van der Waals surface area (Å²) in [5.41, 5.74) is 3.51. The Morgan fingerprint density at radius 1 is 1.20 bits per heavy atom. The molecular weight excluding hydrogens is 357 g/mol. The number of hydrogen-bond donors (Lipinski definition) is 1. The van der Waals surface area contributed by atoms with Crippen LogP contribution < -0.4 is 5.32 Å². The van der Waals surface area contributed by atoms with E-state index in [4.69, 9.17) is 23.2 Å². The fourth-order valence-electron chi connectivity index (χ4n) is 2.28. The van der Waals surface area contributed by atoms with Gasteiger partial charge in [-0.2, -0.15) is 0 Å². The molecular formula is C16H16BrCl2N. The van der Waals surface area contributed by atoms with E-state index in [1.54, 1.807) is 0 Å². The van der Waals surface area contributed by atoms with Crippen molar-refractivity contribution in [1.29, 1.82) is 0 Å². The predicted molar refractivity (Wildman–Crippen MR) is 90.8 cm³/mol. The van der Waals surface area contributed by atoms with Gasteiger partial charge in [-0.1, -0.05) is 57.3 Å². The van der Waals surface area contributed by atoms with Crippen LogP contribution in [0.5, 0.6) is 0 Å². The Labute approximate surface area is 138 Å². The average molecular weight is 373 g/mol. The molecule has 0 saturated heterocycles. The quantitative estimate of drug-likeness (QED) is 0.739. The zero-order valence-corrected chi connectivity index (χ0v) is 14.5. The van der Waals surface area contributed by atoms with Gasteiger partial charge in [0.25, 0.3) is 0 Å². The van der Waals surface area contributed by atoms with Gasteiger partial charge in [0.15, 0.2) is 0 Å². The van der Waals surface area contributed by atoms with Crippen molar-refractivity contribution in [2.24, 2.45) is 0 Å². The third-order valence-electron chi connectivity index (χ3n) is 3.27. The second-order valence-electron chi connectivity index (χ2n) is 4.82. The first-order valence-electron chi connectivity index (χ1n) is 6.38. The molecule has 1 nitrogen and oxygen atoms in total. The molecule has 0 aliphatic heterocycles. The molecule has 0 fully saturated rings. The number of aryl methyl sites for hydroxylation is 1. The Balaban J connectivity index is 2.31. The van der Waals surface area contributed by atoms with E-state index >= 15 is 0 Å². The maximum atomic E-state index is 6.28. The highest BCUT2D eigenvalue weighted by molar-refractivity contribution is 9.10. The maximum absolute atomic E-state index is 6.28. The van der Waals surface area contributed by atoms with E-state index in [9.17, 15) is 0 Å². The highest BCUT2D eigenvalue weighted by Gasteiger charge is 2.14. The zero-order valence-electron chi connectivity index (χ0n) is 11.4. The number of rotatable bonds is 4. The molecule has 106 valence electrons. The summed E-state index contributed by atoms with van der Waals surface area (Å²) in [6, 6.07) is 12.4. The van der Waals surface area contributed by atoms with Crippen molar-refractivity contribution in [1.82, 2.24) is 5.32 Å². The van der Waals surface area contributed by atoms with E-state index in [0.29, 0.717) is 10.0 Å². The molecule has 0 radical (unpaired) electrons. The Kier molecular flexibility index (Phi) is 5.50. The van der Waals surface area contributed by atoms with Crippen molar-refractivity contribution in [2.45, 2.75) is 19.4 Å². The van der Waals surface area contributed by atoms with Gasteiger partial charge in [-0.25, -0.2) is 0 Å². The van der Waals surface area contributed by atoms with Crippen molar-refractivity contribution < 1.29 is 0 Å². The maximum Gasteiger partial charge on any atom is 0.0624 e. The molecule has 1 unspecified atom stereocenters. The SMILES string of the molecule is CNC(Cc1cccc(Cl)c1Cl)c1cc(C)cc(Br)c1. The number of halogens is 3. The van der Waals surface area contributed by atoms with Crippen LogP contribution in [0.2, 0.25) is 10.0 Å². The molecule has 0 aliphatic carbocycles. The summed E-state index contributed by atoms with van der Waals surface area (Å²) in [6.45, 7) is 2.09. The molecule has 0 aromatic heterocycles. The van der Waals surface area contributed by atoms with Crippen LogP contribution in [0.3, 0.4) is 0 Å². The summed E-state index contributed by atoms with van der Waals surface area (Å²) in [6.07, 6.45) is 0.797. The van der Waals surface area contributed by atoms with Gasteiger partial charge < -0.3 is 5.32 Å². The predicted octanol–water partition coefficient (Wildman–Crippen LogP) is 5.57. The van der Waals surface area contributed by atoms with Gasteiger partial charge in [-0.05, 0) is 55.3 Å². The topological polar surface area (TPSA) is 12.0 Å². The van der Waals surface area contributed by atoms with Gasteiger partial charge >= 0.3 is 0 Å². The van der Waals surface area contributed by atoms with Crippen molar-refractivity contribution in [2.75, 3.05) is 7.05 Å². The van der Waals surface area contributed by atoms with Gasteiger partial charge in [-0.15, -0.1) is 0 Å². The largest absolute Gasteiger partial charge is 0.313 e. The summed E-state index contributed by atoms with van der Waals surface area (Å²) in [7, 11) is 1.96. The standard InChI is InChI=1S/C16H16BrCl2N/c1-10-6-12(8-13(17)7-10)15(20-2)9-11-4-3-5-14(18)16(11)19/h3-8,15,20H,9H2,1-2H3. The summed E-state index contributed by atoms with van der Waals surface area (Å²) in [4.78, 5) is 0. The van der Waals surface area contributed by atoms with Crippen LogP contribution in [-0.4, -0.2) is 7.05 Å². The second kappa shape index (κ2) is 6.95. The minimum atomic E-state index is 0.196. The van der Waals surface area contributed by atoms with Crippen LogP contribution in [0.4, 0.5) is 0 Å². The summed E-state index contributed by atoms with van der Waals surface area (Å²) in [5.74, 6) is 0. The minimum absolute atomic E-state index is 0.196. The van der Waals surface area contributed by atoms with E-state index in [2.05, 4.69) is 46.4 Å². The van der Waals surface area contributed by atoms with E-state index < -0.39 is 0 Å². The van der Waals surface area contributed by atoms with Crippen molar-refractivity contribution >= 4 is 39.1 Å². The van der Waals surface area contributed by atoms with Crippen molar-refractivity contribution in [3.8, 4) is 0 Å². The fraction of sp³-hybridized carbons (Fsp3) is 0.250. The van der Waals surface area contributed by atoms with Crippen LogP contribution in [0.1, 0.15) is 22.7 Å². The molecule has 1 N–H and O–H groups in total. The average Bonchev–Trinajstić information content (AvgIpc) is 2.39. The van der Waals surface area contributed by atoms with Crippen LogP contribution in [0.15, 0.2) is 40.9 Å². The lowest BCUT2D eigenvalue weighted by atomic mass is 9.97. The fourth-order valence-corrected chi connectivity index (χ4v) is 3.30. The molecule has 0 saturated carbocycles. The Bertz CT molecular complexity index is 593. The van der Waals surface area contributed by atoms with Gasteiger partial charge in [0, 0.05) is 10.5 Å². The van der Waals surface area contributed by atoms with Crippen LogP contribution >= 0.6 is 39.1 Å². The van der Waals surface area contributed by atoms with E-state index in [-0.39, 0.29) is 6.04 Å². The molecule has 2 aromatic rings. The monoisotopic (exact) mass is 371 g/mol. The van der Waals surface area contributed by atoms with Crippen LogP contribution in [0, 0.1) is 6.92 Å². The highest BCUT2D eigenvalue weighted by Crippen LogP contribution is 2.30. The zero-order chi connectivity index (χ0) is 14.7. The van der Waals surface area contributed by atoms with Gasteiger partial charge in [0.2, 0.25) is 0 Å². The number of nitrogens with one attached hydrogen (secondary N) is 1. The third-order valence-corrected chi connectivity index (χ3v) is 4.59. The lowest BCUT2D eigenvalue weighted by molar-refractivity contribution is 0.591. The molecule has 2 rings (SSSR count). The normalized spacial score (nSPS) is 12.4. The van der Waals surface area contributed by atoms with Crippen molar-refractivity contribution in [3.05, 3.63) is 67.6 Å². The molecule has 20 heavy (non-hydrogen) atoms. The summed E-state index contributed by atoms with van der Waals surface area (Å²) < 4.78 is 1.09. The third kappa shape index (κ3) is 3.76. The van der Waals surface area contributed by atoms with Crippen molar-refractivity contribution in [3.63, 3.8) is 0 Å². The minimum Gasteiger partial charge on any atom is -0.313 e. The molecule has 4 heteroatoms. The van der Waals surface area contributed by atoms with Crippen LogP contribution in [0.25, 0.3) is 0 Å². The molecule has 0 amide bonds. The molecule has 0 spiro atoms. The summed E-state index contributed by atoms with van der Waals surface area (Å²) >= 11 is 15.9. The Hall–Kier alpha value is -0.540. The first-order chi connectivity index (χ1) is 9.51. The number of hydrogen-bond acceptors (Lipinski definition) is 1. The van der Waals surface area contributed by atoms with Gasteiger partial charge in [0.1, 0.15) is 0 Å². The molecule has 0 aliphatic rings. The summed E-state index contributed by atoms with van der Waals surface area (Å²) in [5, 5.41) is 4.59. The van der Waals surface area contributed by atoms with Gasteiger partial charge in [-0.3, -0.25) is 0 Å². The van der Waals surface area contributed by atoms with Crippen LogP contribution in [-0.2, 0) is 6.42 Å². The lowest BCUT2D eigenvalue weighted by Crippen LogP contribution is -2.19. The first-order valence-corrected chi connectivity index (χ1v) is 7.93.